The average molecular weight is 516 g/mol. The van der Waals surface area contributed by atoms with Crippen LogP contribution in [0.25, 0.3) is 6.08 Å². The Balaban J connectivity index is 1.69. The van der Waals surface area contributed by atoms with Crippen molar-refractivity contribution in [2.45, 2.75) is 12.5 Å². The highest BCUT2D eigenvalue weighted by atomic mass is 35.5. The van der Waals surface area contributed by atoms with E-state index in [9.17, 15) is 27.2 Å². The number of carboxylic acids is 1. The van der Waals surface area contributed by atoms with E-state index in [1.165, 1.54) is 36.6 Å². The molecule has 0 saturated carbocycles. The zero-order valence-corrected chi connectivity index (χ0v) is 19.6. The summed E-state index contributed by atoms with van der Waals surface area (Å²) in [5.74, 6) is -3.41. The van der Waals surface area contributed by atoms with Crippen LogP contribution in [0.2, 0.25) is 4.34 Å². The molecule has 9 nitrogen and oxygen atoms in total. The third-order valence-corrected chi connectivity index (χ3v) is 7.03. The van der Waals surface area contributed by atoms with E-state index < -0.39 is 46.2 Å². The summed E-state index contributed by atoms with van der Waals surface area (Å²) in [4.78, 5) is 38.3. The molecule has 2 aromatic rings. The first kappa shape index (κ1) is 24.8. The molecule has 2 heterocycles. The number of carboxylic acid groups (broad SMARTS) is 1. The SMILES string of the molecule is CN(CC(=O)O)C(=O)c1ccc(N2CCC(NS(=O)(=O)/C=C/c3ccc(Cl)s3)C2=O)c(F)c1. The minimum atomic E-state index is -3.95. The van der Waals surface area contributed by atoms with E-state index in [-0.39, 0.29) is 24.2 Å². The van der Waals surface area contributed by atoms with Crippen molar-refractivity contribution < 1.29 is 32.3 Å². The molecular formula is C20H19ClFN3O6S2. The van der Waals surface area contributed by atoms with Gasteiger partial charge in [0.05, 0.1) is 10.0 Å². The summed E-state index contributed by atoms with van der Waals surface area (Å²) >= 11 is 7.00. The summed E-state index contributed by atoms with van der Waals surface area (Å²) in [5.41, 5.74) is -0.189. The van der Waals surface area contributed by atoms with Crippen LogP contribution in [0.15, 0.2) is 35.7 Å². The van der Waals surface area contributed by atoms with Gasteiger partial charge in [-0.25, -0.2) is 12.8 Å². The van der Waals surface area contributed by atoms with E-state index in [4.69, 9.17) is 16.7 Å². The van der Waals surface area contributed by atoms with E-state index in [0.29, 0.717) is 9.21 Å². The molecule has 0 radical (unpaired) electrons. The number of carbonyl (C=O) groups is 3. The van der Waals surface area contributed by atoms with Gasteiger partial charge in [-0.1, -0.05) is 11.6 Å². The predicted molar refractivity (Wildman–Crippen MR) is 122 cm³/mol. The standard InChI is InChI=1S/C20H19ClFN3O6S2/c1-24(11-18(26)27)19(28)12-2-4-16(14(22)10-12)25-8-6-15(20(25)29)23-33(30,31)9-7-13-3-5-17(21)32-13/h2-5,7,9-10,15,23H,6,8,11H2,1H3,(H,26,27)/b9-7+. The third kappa shape index (κ3) is 6.16. The molecule has 13 heteroatoms. The van der Waals surface area contributed by atoms with E-state index >= 15 is 0 Å². The van der Waals surface area contributed by atoms with Crippen molar-refractivity contribution >= 4 is 62.5 Å². The molecule has 1 unspecified atom stereocenters. The van der Waals surface area contributed by atoms with Gasteiger partial charge in [0.15, 0.2) is 0 Å². The maximum atomic E-state index is 14.7. The van der Waals surface area contributed by atoms with E-state index in [2.05, 4.69) is 4.72 Å². The number of sulfonamides is 1. The number of benzene rings is 1. The van der Waals surface area contributed by atoms with Gasteiger partial charge in [0.25, 0.3) is 5.91 Å². The van der Waals surface area contributed by atoms with Crippen LogP contribution in [0.3, 0.4) is 0 Å². The molecule has 2 amide bonds. The Kier molecular flexibility index (Phi) is 7.52. The smallest absolute Gasteiger partial charge is 0.323 e. The van der Waals surface area contributed by atoms with Crippen molar-refractivity contribution in [3.63, 3.8) is 0 Å². The second kappa shape index (κ2) is 10.00. The lowest BCUT2D eigenvalue weighted by molar-refractivity contribution is -0.137. The molecule has 1 aromatic carbocycles. The number of rotatable bonds is 8. The zero-order valence-electron chi connectivity index (χ0n) is 17.2. The summed E-state index contributed by atoms with van der Waals surface area (Å²) in [6.07, 6.45) is 1.48. The first-order chi connectivity index (χ1) is 15.5. The summed E-state index contributed by atoms with van der Waals surface area (Å²) in [7, 11) is -2.68. The van der Waals surface area contributed by atoms with E-state index in [0.717, 1.165) is 21.3 Å². The Morgan fingerprint density at radius 2 is 2.09 bits per heavy atom. The molecule has 176 valence electrons. The van der Waals surface area contributed by atoms with Gasteiger partial charge in [-0.05, 0) is 42.8 Å². The quantitative estimate of drug-likeness (QED) is 0.556. The van der Waals surface area contributed by atoms with Crippen molar-refractivity contribution in [1.82, 2.24) is 9.62 Å². The molecule has 0 aliphatic carbocycles. The van der Waals surface area contributed by atoms with E-state index in [1.54, 1.807) is 12.1 Å². The van der Waals surface area contributed by atoms with Crippen LogP contribution in [0, 0.1) is 5.82 Å². The summed E-state index contributed by atoms with van der Waals surface area (Å²) in [6.45, 7) is -0.484. The van der Waals surface area contributed by atoms with Gasteiger partial charge < -0.3 is 14.9 Å². The lowest BCUT2D eigenvalue weighted by Crippen LogP contribution is -2.41. The third-order valence-electron chi connectivity index (χ3n) is 4.72. The number of anilines is 1. The Morgan fingerprint density at radius 1 is 1.36 bits per heavy atom. The van der Waals surface area contributed by atoms with Crippen molar-refractivity contribution in [3.05, 3.63) is 56.3 Å². The van der Waals surface area contributed by atoms with Gasteiger partial charge in [-0.15, -0.1) is 11.3 Å². The zero-order chi connectivity index (χ0) is 24.3. The van der Waals surface area contributed by atoms with Crippen LogP contribution >= 0.6 is 22.9 Å². The van der Waals surface area contributed by atoms with Crippen molar-refractivity contribution in [2.24, 2.45) is 0 Å². The molecule has 1 aliphatic heterocycles. The predicted octanol–water partition coefficient (Wildman–Crippen LogP) is 2.39. The number of aliphatic carboxylic acids is 1. The largest absolute Gasteiger partial charge is 0.480 e. The molecule has 3 rings (SSSR count). The first-order valence-electron chi connectivity index (χ1n) is 9.51. The van der Waals surface area contributed by atoms with Crippen LogP contribution in [-0.2, 0) is 19.6 Å². The Labute approximate surface area is 198 Å². The first-order valence-corrected chi connectivity index (χ1v) is 12.2. The number of amides is 2. The van der Waals surface area contributed by atoms with Crippen LogP contribution in [0.1, 0.15) is 21.7 Å². The lowest BCUT2D eigenvalue weighted by Gasteiger charge is -2.19. The second-order valence-corrected chi connectivity index (χ2v) is 10.5. The number of thiophene rings is 1. The molecule has 0 bridgehead atoms. The summed E-state index contributed by atoms with van der Waals surface area (Å²) in [5, 5.41) is 9.71. The van der Waals surface area contributed by atoms with Crippen LogP contribution in [-0.4, -0.2) is 62.4 Å². The second-order valence-electron chi connectivity index (χ2n) is 7.16. The van der Waals surface area contributed by atoms with Crippen LogP contribution in [0.5, 0.6) is 0 Å². The van der Waals surface area contributed by atoms with Crippen molar-refractivity contribution in [2.75, 3.05) is 25.0 Å². The number of likely N-dealkylation sites (N-methyl/N-ethyl adjacent to an activating group) is 1. The minimum Gasteiger partial charge on any atom is -0.480 e. The highest BCUT2D eigenvalue weighted by molar-refractivity contribution is 7.92. The number of halogens is 2. The fourth-order valence-corrected chi connectivity index (χ4v) is 5.26. The topological polar surface area (TPSA) is 124 Å². The molecule has 33 heavy (non-hydrogen) atoms. The molecule has 1 aliphatic rings. The number of nitrogens with zero attached hydrogens (tertiary/aromatic N) is 2. The number of hydrogen-bond donors (Lipinski definition) is 2. The van der Waals surface area contributed by atoms with Crippen LogP contribution in [0.4, 0.5) is 10.1 Å². The van der Waals surface area contributed by atoms with Crippen molar-refractivity contribution in [1.29, 1.82) is 0 Å². The summed E-state index contributed by atoms with van der Waals surface area (Å²) < 4.78 is 42.1. The molecule has 1 saturated heterocycles. The number of hydrogen-bond acceptors (Lipinski definition) is 6. The summed E-state index contributed by atoms with van der Waals surface area (Å²) in [6, 6.07) is 5.62. The molecule has 1 atom stereocenters. The van der Waals surface area contributed by atoms with Gasteiger partial charge in [0.2, 0.25) is 15.9 Å². The Hall–Kier alpha value is -2.80. The fourth-order valence-electron chi connectivity index (χ4n) is 3.19. The maximum absolute atomic E-state index is 14.7. The van der Waals surface area contributed by atoms with Crippen molar-refractivity contribution in [3.8, 4) is 0 Å². The molecule has 0 spiro atoms. The molecule has 1 fully saturated rings. The number of carbonyl (C=O) groups excluding carboxylic acids is 2. The average Bonchev–Trinajstić information content (AvgIpc) is 3.31. The highest BCUT2D eigenvalue weighted by Gasteiger charge is 2.36. The van der Waals surface area contributed by atoms with Gasteiger partial charge in [-0.3, -0.25) is 14.4 Å². The van der Waals surface area contributed by atoms with Gasteiger partial charge >= 0.3 is 5.97 Å². The Bertz CT molecular complexity index is 1230. The Morgan fingerprint density at radius 3 is 2.70 bits per heavy atom. The lowest BCUT2D eigenvalue weighted by atomic mass is 10.1. The normalized spacial score (nSPS) is 16.5. The molecular weight excluding hydrogens is 497 g/mol. The van der Waals surface area contributed by atoms with Gasteiger partial charge in [-0.2, -0.15) is 4.72 Å². The van der Waals surface area contributed by atoms with Gasteiger partial charge in [0.1, 0.15) is 18.4 Å². The fraction of sp³-hybridized carbons (Fsp3) is 0.250. The van der Waals surface area contributed by atoms with E-state index in [1.807, 2.05) is 0 Å². The monoisotopic (exact) mass is 515 g/mol. The molecule has 1 aromatic heterocycles. The maximum Gasteiger partial charge on any atom is 0.323 e. The highest BCUT2D eigenvalue weighted by Crippen LogP contribution is 2.27. The minimum absolute atomic E-state index is 0.0688. The van der Waals surface area contributed by atoms with Crippen LogP contribution < -0.4 is 9.62 Å². The van der Waals surface area contributed by atoms with Gasteiger partial charge in [0, 0.05) is 29.4 Å². The number of nitrogens with one attached hydrogen (secondary N) is 1. The molecule has 2 N–H and O–H groups in total.